The minimum Gasteiger partial charge on any atom is -0.870 e. The molecule has 8 atom stereocenters. The maximum absolute atomic E-state index is 13.6. The van der Waals surface area contributed by atoms with Gasteiger partial charge in [-0.3, -0.25) is 9.59 Å². The van der Waals surface area contributed by atoms with Gasteiger partial charge in [-0.1, -0.05) is 99.7 Å². The predicted molar refractivity (Wildman–Crippen MR) is 262 cm³/mol. The van der Waals surface area contributed by atoms with Crippen LogP contribution in [0.5, 0.6) is 0 Å². The van der Waals surface area contributed by atoms with Crippen LogP contribution in [0.25, 0.3) is 20.9 Å². The van der Waals surface area contributed by atoms with Gasteiger partial charge in [-0.05, 0) is 54.5 Å². The first kappa shape index (κ1) is 69.4. The average molecular weight is 1010 g/mol. The molecule has 2 unspecified atom stereocenters. The third-order valence-corrected chi connectivity index (χ3v) is 12.9. The summed E-state index contributed by atoms with van der Waals surface area (Å²) in [7, 11) is 3.04. The number of carbonyl (C=O) groups is 4. The van der Waals surface area contributed by atoms with Crippen LogP contribution in [-0.4, -0.2) is 126 Å². The van der Waals surface area contributed by atoms with Gasteiger partial charge in [0.15, 0.2) is 11.4 Å². The number of nitrogens with zero attached hydrogens (tertiary/aromatic N) is 10. The molecule has 0 aliphatic carbocycles. The molecule has 24 heteroatoms. The summed E-state index contributed by atoms with van der Waals surface area (Å²) in [6, 6.07) is -1.99. The van der Waals surface area contributed by atoms with E-state index in [4.69, 9.17) is 34.7 Å². The van der Waals surface area contributed by atoms with E-state index >= 15 is 0 Å². The van der Waals surface area contributed by atoms with Crippen molar-refractivity contribution in [1.82, 2.24) is 19.8 Å². The Labute approximate surface area is 429 Å². The van der Waals surface area contributed by atoms with Gasteiger partial charge in [0.25, 0.3) is 0 Å². The van der Waals surface area contributed by atoms with Crippen LogP contribution in [0.2, 0.25) is 0 Å². The molecule has 69 heavy (non-hydrogen) atoms. The number of aromatic nitrogens is 2. The van der Waals surface area contributed by atoms with Gasteiger partial charge in [0, 0.05) is 72.8 Å². The van der Waals surface area contributed by atoms with Gasteiger partial charge in [-0.15, -0.1) is 22.7 Å². The first-order chi connectivity index (χ1) is 31.5. The van der Waals surface area contributed by atoms with E-state index in [0.29, 0.717) is 42.4 Å². The molecule has 2 aromatic rings. The van der Waals surface area contributed by atoms with Gasteiger partial charge in [-0.25, -0.2) is 19.6 Å². The molecule has 0 bridgehead atoms. The van der Waals surface area contributed by atoms with E-state index in [1.54, 1.807) is 17.2 Å². The molecule has 2 N–H and O–H groups in total. The summed E-state index contributed by atoms with van der Waals surface area (Å²) < 4.78 is 27.0. The van der Waals surface area contributed by atoms with E-state index < -0.39 is 36.2 Å². The molecular formula is C45H79LiN10O11S2. The number of hydrogen-bond acceptors (Lipinski definition) is 16. The molecule has 2 amide bonds. The van der Waals surface area contributed by atoms with Crippen LogP contribution in [0.15, 0.2) is 21.0 Å². The molecule has 0 saturated heterocycles. The zero-order chi connectivity index (χ0) is 49.9. The Bertz CT molecular complexity index is 1860. The van der Waals surface area contributed by atoms with Gasteiger partial charge in [-0.2, -0.15) is 0 Å². The maximum Gasteiger partial charge on any atom is 1.00 e. The second-order valence-electron chi connectivity index (χ2n) is 16.5. The number of carbonyl (C=O) groups excluding carboxylic acids is 3. The maximum atomic E-state index is 13.6. The molecule has 0 saturated carbocycles. The number of hydrogen-bond donors (Lipinski definition) is 1. The second-order valence-corrected chi connectivity index (χ2v) is 18.3. The van der Waals surface area contributed by atoms with E-state index in [1.807, 2.05) is 74.1 Å². The van der Waals surface area contributed by atoms with Crippen molar-refractivity contribution in [2.24, 2.45) is 33.9 Å². The Kier molecular flexibility index (Phi) is 38.1. The number of esters is 1. The zero-order valence-corrected chi connectivity index (χ0v) is 44.2. The Morgan fingerprint density at radius 1 is 0.710 bits per heavy atom. The summed E-state index contributed by atoms with van der Waals surface area (Å²) in [6.45, 7) is 23.0. The number of ether oxygens (including phenoxy) is 5. The smallest absolute Gasteiger partial charge is 0.870 e. The van der Waals surface area contributed by atoms with Crippen molar-refractivity contribution in [3.63, 3.8) is 0 Å². The molecule has 0 radical (unpaired) electrons. The summed E-state index contributed by atoms with van der Waals surface area (Å²) in [6.07, 6.45) is 2.74. The monoisotopic (exact) mass is 1010 g/mol. The number of azide groups is 2. The van der Waals surface area contributed by atoms with Gasteiger partial charge in [0.2, 0.25) is 11.8 Å². The number of carboxylic acids is 1. The molecule has 0 spiro atoms. The van der Waals surface area contributed by atoms with E-state index in [1.165, 1.54) is 42.3 Å². The summed E-state index contributed by atoms with van der Waals surface area (Å²) in [4.78, 5) is 68.6. The molecule has 0 aliphatic heterocycles. The van der Waals surface area contributed by atoms with E-state index in [9.17, 15) is 24.3 Å². The Balaban J connectivity index is -0.00000121. The number of methoxy groups -OCH3 is 2. The Hall–Kier alpha value is -3.84. The Morgan fingerprint density at radius 3 is 1.38 bits per heavy atom. The third kappa shape index (κ3) is 22.4. The van der Waals surface area contributed by atoms with Gasteiger partial charge in [0.1, 0.15) is 47.9 Å². The number of carboxylic acid groups (broad SMARTS) is 1. The molecule has 2 heterocycles. The van der Waals surface area contributed by atoms with Crippen LogP contribution in [0.4, 0.5) is 0 Å². The Morgan fingerprint density at radius 2 is 1.09 bits per heavy atom. The zero-order valence-electron chi connectivity index (χ0n) is 42.6. The molecular weight excluding hydrogens is 928 g/mol. The molecule has 2 aromatic heterocycles. The molecule has 21 nitrogen and oxygen atoms in total. The molecule has 0 aliphatic rings. The van der Waals surface area contributed by atoms with Gasteiger partial charge >= 0.3 is 30.8 Å². The van der Waals surface area contributed by atoms with Crippen LogP contribution in [0.1, 0.15) is 165 Å². The van der Waals surface area contributed by atoms with Crippen molar-refractivity contribution in [3.05, 3.63) is 53.0 Å². The van der Waals surface area contributed by atoms with Crippen molar-refractivity contribution in [3.8, 4) is 0 Å². The van der Waals surface area contributed by atoms with E-state index in [-0.39, 0.29) is 111 Å². The summed E-state index contributed by atoms with van der Waals surface area (Å²) in [5.74, 6) is -1.97. The standard InChI is InChI=1S/C23H39N5O5S.C21H35N5O5S.CH4.Li.H2O/c1-8-11-28(22(29)20(26-27-24)16(6)9-2)18(15(4)5)12-19(33-14-31-7)21-25-17(13-34-21)23(30)32-10-3;1-7-9-26(20(27)18(24-25-22)14(5)8-2)16(13(3)4)10-17(31-12-30-6)19-23-15(11-32-19)21(28)29;;;/h13,15-16,18-20H,8-12,14H2,1-7H3;11,13-14,16-18H,7-10,12H2,1-6H3,(H,28,29);1H4;;1H2/q;;;+1;/p-1/t16?,18-,19-,20+;14?,16-,17-,18+;;;/m11.../s1. The van der Waals surface area contributed by atoms with Crippen molar-refractivity contribution in [2.75, 3.05) is 47.5 Å². The van der Waals surface area contributed by atoms with Crippen LogP contribution in [0, 0.1) is 23.7 Å². The number of amides is 2. The minimum absolute atomic E-state index is 0. The number of rotatable bonds is 31. The van der Waals surface area contributed by atoms with Crippen molar-refractivity contribution < 1.29 is 72.3 Å². The van der Waals surface area contributed by atoms with Crippen molar-refractivity contribution in [2.45, 2.75) is 158 Å². The fourth-order valence-corrected chi connectivity index (χ4v) is 8.78. The van der Waals surface area contributed by atoms with Crippen LogP contribution in [0.3, 0.4) is 0 Å². The van der Waals surface area contributed by atoms with Gasteiger partial charge in [0.05, 0.1) is 6.61 Å². The van der Waals surface area contributed by atoms with Crippen molar-refractivity contribution >= 4 is 46.4 Å². The van der Waals surface area contributed by atoms with E-state index in [2.05, 4.69) is 30.0 Å². The predicted octanol–water partition coefficient (Wildman–Crippen LogP) is 7.70. The normalized spacial score (nSPS) is 14.2. The van der Waals surface area contributed by atoms with Crippen LogP contribution < -0.4 is 18.9 Å². The summed E-state index contributed by atoms with van der Waals surface area (Å²) in [5.41, 5.74) is 18.3. The first-order valence-corrected chi connectivity index (χ1v) is 24.4. The largest absolute Gasteiger partial charge is 1.00 e. The fraction of sp³-hybridized carbons (Fsp3) is 0.778. The fourth-order valence-electron chi connectivity index (χ4n) is 7.08. The average Bonchev–Trinajstić information content (AvgIpc) is 4.00. The minimum atomic E-state index is -1.10. The molecule has 388 valence electrons. The SMILES string of the molecule is C.CCCN(C(=O)[C@@H](N=[N+]=[N-])C(C)CC)[C@H](C[C@@H](OCOC)c1nc(C(=O)O)cs1)C(C)C.CCCN(C(=O)[C@@H](N=[N+]=[N-])C(C)CC)[C@H](C[C@@H](OCOC)c1nc(C(=O)OCC)cs1)C(C)C.[Li+].[OH-]. The summed E-state index contributed by atoms with van der Waals surface area (Å²) in [5, 5.41) is 21.1. The van der Waals surface area contributed by atoms with Crippen LogP contribution in [-0.2, 0) is 33.3 Å². The van der Waals surface area contributed by atoms with E-state index in [0.717, 1.165) is 19.3 Å². The summed E-state index contributed by atoms with van der Waals surface area (Å²) >= 11 is 2.51. The quantitative estimate of drug-likeness (QED) is 0.0189. The van der Waals surface area contributed by atoms with Crippen LogP contribution >= 0.6 is 22.7 Å². The van der Waals surface area contributed by atoms with Crippen molar-refractivity contribution in [1.29, 1.82) is 0 Å². The topological polar surface area (TPSA) is 294 Å². The molecule has 2 rings (SSSR count). The first-order valence-electron chi connectivity index (χ1n) is 22.7. The molecule has 0 fully saturated rings. The number of aromatic carboxylic acids is 1. The molecule has 0 aromatic carbocycles. The second kappa shape index (κ2) is 37.9. The number of thiazole rings is 2. The van der Waals surface area contributed by atoms with Gasteiger partial charge < -0.3 is 44.1 Å². The third-order valence-electron chi connectivity index (χ3n) is 11.0.